The van der Waals surface area contributed by atoms with Gasteiger partial charge in [-0.3, -0.25) is 4.79 Å². The van der Waals surface area contributed by atoms with Gasteiger partial charge >= 0.3 is 0 Å². The highest BCUT2D eigenvalue weighted by atomic mass is 16.1. The molecule has 0 saturated heterocycles. The number of carbonyl (C=O) groups is 1. The Morgan fingerprint density at radius 3 is 2.62 bits per heavy atom. The monoisotopic (exact) mass is 215 g/mol. The molecule has 2 heteroatoms. The molecule has 2 unspecified atom stereocenters. The summed E-state index contributed by atoms with van der Waals surface area (Å²) in [5.74, 6) is 2.07. The molecule has 1 aromatic carbocycles. The van der Waals surface area contributed by atoms with Gasteiger partial charge in [0.25, 0.3) is 0 Å². The second kappa shape index (κ2) is 3.34. The lowest BCUT2D eigenvalue weighted by molar-refractivity contribution is 0.0951. The van der Waals surface area contributed by atoms with Crippen LogP contribution in [0.25, 0.3) is 0 Å². The Labute approximate surface area is 95.8 Å². The van der Waals surface area contributed by atoms with Gasteiger partial charge in [-0.15, -0.1) is 0 Å². The van der Waals surface area contributed by atoms with E-state index in [-0.39, 0.29) is 0 Å². The zero-order valence-electron chi connectivity index (χ0n) is 9.57. The Morgan fingerprint density at radius 1 is 1.31 bits per heavy atom. The van der Waals surface area contributed by atoms with E-state index in [1.54, 1.807) is 0 Å². The van der Waals surface area contributed by atoms with Crippen LogP contribution in [0.5, 0.6) is 0 Å². The molecule has 16 heavy (non-hydrogen) atoms. The third-order valence-corrected chi connectivity index (χ3v) is 4.26. The molecule has 0 aromatic heterocycles. The van der Waals surface area contributed by atoms with Gasteiger partial charge in [0.2, 0.25) is 0 Å². The van der Waals surface area contributed by atoms with Crippen molar-refractivity contribution in [1.29, 1.82) is 0 Å². The van der Waals surface area contributed by atoms with E-state index in [1.165, 1.54) is 19.3 Å². The number of ketones is 1. The zero-order valence-corrected chi connectivity index (χ0v) is 9.57. The summed E-state index contributed by atoms with van der Waals surface area (Å²) >= 11 is 0. The van der Waals surface area contributed by atoms with Gasteiger partial charge in [0, 0.05) is 17.2 Å². The number of hydrogen-bond donors (Lipinski definition) is 1. The van der Waals surface area contributed by atoms with Crippen LogP contribution in [-0.4, -0.2) is 5.78 Å². The molecule has 0 amide bonds. The number of carbonyl (C=O) groups excluding carboxylic acids is 1. The van der Waals surface area contributed by atoms with Crippen LogP contribution in [0.15, 0.2) is 18.2 Å². The number of benzene rings is 1. The number of nitrogens with two attached hydrogens (primary N) is 1. The fourth-order valence-corrected chi connectivity index (χ4v) is 3.23. The number of nitrogen functional groups attached to an aromatic ring is 1. The summed E-state index contributed by atoms with van der Waals surface area (Å²) in [7, 11) is 0. The predicted octanol–water partition coefficient (Wildman–Crippen LogP) is 2.81. The summed E-state index contributed by atoms with van der Waals surface area (Å²) < 4.78 is 0. The molecule has 0 bridgehead atoms. The van der Waals surface area contributed by atoms with Crippen molar-refractivity contribution in [2.24, 2.45) is 17.8 Å². The molecule has 3 rings (SSSR count). The Hall–Kier alpha value is -1.31. The molecule has 2 aliphatic carbocycles. The van der Waals surface area contributed by atoms with E-state index in [4.69, 9.17) is 5.73 Å². The Morgan fingerprint density at radius 2 is 2.00 bits per heavy atom. The second-order valence-electron chi connectivity index (χ2n) is 5.22. The quantitative estimate of drug-likeness (QED) is 0.609. The van der Waals surface area contributed by atoms with Crippen molar-refractivity contribution in [3.8, 4) is 0 Å². The number of Topliss-reactive ketones (excluding diaryl/α,β-unsaturated/α-hetero) is 1. The maximum Gasteiger partial charge on any atom is 0.166 e. The van der Waals surface area contributed by atoms with E-state index < -0.39 is 0 Å². The maximum atomic E-state index is 12.2. The summed E-state index contributed by atoms with van der Waals surface area (Å²) in [6, 6.07) is 5.66. The summed E-state index contributed by atoms with van der Waals surface area (Å²) in [4.78, 5) is 12.2. The first kappa shape index (κ1) is 9.88. The Bertz CT molecular complexity index is 442. The molecular weight excluding hydrogens is 198 g/mol. The number of aryl methyl sites for hydroxylation is 1. The van der Waals surface area contributed by atoms with Crippen molar-refractivity contribution in [3.05, 3.63) is 29.3 Å². The molecule has 2 nitrogen and oxygen atoms in total. The fraction of sp³-hybridized carbons (Fsp3) is 0.500. The third kappa shape index (κ3) is 1.36. The van der Waals surface area contributed by atoms with Crippen LogP contribution in [0, 0.1) is 24.7 Å². The van der Waals surface area contributed by atoms with Crippen LogP contribution in [0.1, 0.15) is 35.2 Å². The van der Waals surface area contributed by atoms with Gasteiger partial charge in [-0.1, -0.05) is 6.42 Å². The minimum Gasteiger partial charge on any atom is -0.399 e. The van der Waals surface area contributed by atoms with Crippen molar-refractivity contribution < 1.29 is 4.79 Å². The first-order chi connectivity index (χ1) is 7.68. The van der Waals surface area contributed by atoms with Crippen molar-refractivity contribution >= 4 is 11.5 Å². The van der Waals surface area contributed by atoms with Crippen molar-refractivity contribution in [2.75, 3.05) is 5.73 Å². The van der Waals surface area contributed by atoms with Crippen molar-refractivity contribution in [3.63, 3.8) is 0 Å². The van der Waals surface area contributed by atoms with Crippen molar-refractivity contribution in [2.45, 2.75) is 26.2 Å². The lowest BCUT2D eigenvalue weighted by Gasteiger charge is -2.05. The average Bonchev–Trinajstić information content (AvgIpc) is 2.74. The Balaban J connectivity index is 1.82. The first-order valence-corrected chi connectivity index (χ1v) is 6.09. The van der Waals surface area contributed by atoms with Gasteiger partial charge in [-0.25, -0.2) is 0 Å². The number of anilines is 1. The SMILES string of the molecule is Cc1cc(C(=O)C2C3CCCC32)ccc1N. The van der Waals surface area contributed by atoms with Gasteiger partial charge in [0.05, 0.1) is 0 Å². The molecule has 2 fully saturated rings. The summed E-state index contributed by atoms with van der Waals surface area (Å²) in [6.07, 6.45) is 3.84. The molecule has 84 valence electrons. The lowest BCUT2D eigenvalue weighted by Crippen LogP contribution is -2.07. The highest BCUT2D eigenvalue weighted by Crippen LogP contribution is 2.58. The van der Waals surface area contributed by atoms with Gasteiger partial charge in [-0.2, -0.15) is 0 Å². The largest absolute Gasteiger partial charge is 0.399 e. The normalized spacial score (nSPS) is 31.2. The molecule has 0 spiro atoms. The summed E-state index contributed by atoms with van der Waals surface area (Å²) in [5.41, 5.74) is 8.40. The topological polar surface area (TPSA) is 43.1 Å². The van der Waals surface area contributed by atoms with Gasteiger partial charge in [-0.05, 0) is 55.4 Å². The van der Waals surface area contributed by atoms with E-state index in [9.17, 15) is 4.79 Å². The highest BCUT2D eigenvalue weighted by Gasteiger charge is 2.56. The standard InChI is InChI=1S/C14H17NO/c1-8-7-9(5-6-12(8)15)14(16)13-10-3-2-4-11(10)13/h5-7,10-11,13H,2-4,15H2,1H3. The minimum atomic E-state index is 0.330. The maximum absolute atomic E-state index is 12.2. The van der Waals surface area contributed by atoms with Crippen LogP contribution < -0.4 is 5.73 Å². The third-order valence-electron chi connectivity index (χ3n) is 4.26. The predicted molar refractivity (Wildman–Crippen MR) is 64.2 cm³/mol. The number of rotatable bonds is 2. The first-order valence-electron chi connectivity index (χ1n) is 6.09. The second-order valence-corrected chi connectivity index (χ2v) is 5.22. The molecule has 1 aromatic rings. The summed E-state index contributed by atoms with van der Waals surface area (Å²) in [5, 5.41) is 0. The van der Waals surface area contributed by atoms with Crippen molar-refractivity contribution in [1.82, 2.24) is 0 Å². The molecule has 2 atom stereocenters. The van der Waals surface area contributed by atoms with E-state index in [2.05, 4.69) is 0 Å². The van der Waals surface area contributed by atoms with Crippen LogP contribution in [0.2, 0.25) is 0 Å². The average molecular weight is 215 g/mol. The zero-order chi connectivity index (χ0) is 11.3. The fourth-order valence-electron chi connectivity index (χ4n) is 3.23. The molecular formula is C14H17NO. The van der Waals surface area contributed by atoms with Gasteiger partial charge < -0.3 is 5.73 Å². The van der Waals surface area contributed by atoms with E-state index >= 15 is 0 Å². The number of fused-ring (bicyclic) bond motifs is 1. The van der Waals surface area contributed by atoms with E-state index in [0.717, 1.165) is 16.8 Å². The molecule has 0 heterocycles. The van der Waals surface area contributed by atoms with Crippen LogP contribution in [0.4, 0.5) is 5.69 Å². The lowest BCUT2D eigenvalue weighted by atomic mass is 9.99. The smallest absolute Gasteiger partial charge is 0.166 e. The van der Waals surface area contributed by atoms with Crippen LogP contribution >= 0.6 is 0 Å². The Kier molecular flexibility index (Phi) is 2.06. The van der Waals surface area contributed by atoms with E-state index in [0.29, 0.717) is 23.5 Å². The summed E-state index contributed by atoms with van der Waals surface area (Å²) in [6.45, 7) is 1.96. The molecule has 2 saturated carbocycles. The van der Waals surface area contributed by atoms with Gasteiger partial charge in [0.1, 0.15) is 0 Å². The molecule has 0 aliphatic heterocycles. The highest BCUT2D eigenvalue weighted by molar-refractivity contribution is 6.00. The number of hydrogen-bond acceptors (Lipinski definition) is 2. The molecule has 2 aliphatic rings. The van der Waals surface area contributed by atoms with Gasteiger partial charge in [0.15, 0.2) is 5.78 Å². The molecule has 0 radical (unpaired) electrons. The van der Waals surface area contributed by atoms with E-state index in [1.807, 2.05) is 25.1 Å². The molecule has 2 N–H and O–H groups in total. The minimum absolute atomic E-state index is 0.330. The van der Waals surface area contributed by atoms with Crippen LogP contribution in [-0.2, 0) is 0 Å². The van der Waals surface area contributed by atoms with Crippen LogP contribution in [0.3, 0.4) is 0 Å².